The lowest BCUT2D eigenvalue weighted by molar-refractivity contribution is 0.500. The Balaban J connectivity index is 2.51. The molecule has 1 aromatic rings. The van der Waals surface area contributed by atoms with Crippen LogP contribution in [-0.2, 0) is 6.42 Å². The molecule has 1 aliphatic heterocycles. The van der Waals surface area contributed by atoms with E-state index < -0.39 is 12.4 Å². The Morgan fingerprint density at radius 3 is 2.71 bits per heavy atom. The van der Waals surface area contributed by atoms with E-state index in [9.17, 15) is 12.9 Å². The molecule has 0 amide bonds. The second-order valence-electron chi connectivity index (χ2n) is 3.48. The van der Waals surface area contributed by atoms with E-state index >= 15 is 0 Å². The highest BCUT2D eigenvalue weighted by molar-refractivity contribution is 6.74. The van der Waals surface area contributed by atoms with Crippen LogP contribution in [0.1, 0.15) is 12.0 Å². The summed E-state index contributed by atoms with van der Waals surface area (Å²) in [6.45, 7) is -4.11. The predicted molar refractivity (Wildman–Crippen MR) is 52.0 cm³/mol. The van der Waals surface area contributed by atoms with Crippen molar-refractivity contribution in [2.45, 2.75) is 12.8 Å². The van der Waals surface area contributed by atoms with Crippen LogP contribution < -0.4 is 10.8 Å². The van der Waals surface area contributed by atoms with E-state index in [1.54, 1.807) is 6.07 Å². The third-order valence-electron chi connectivity index (χ3n) is 2.48. The normalized spacial score (nSPS) is 15.9. The number of halogens is 3. The fourth-order valence-corrected chi connectivity index (χ4v) is 1.84. The Hall–Kier alpha value is -1.13. The number of hydrogen-bond acceptors (Lipinski definition) is 1. The van der Waals surface area contributed by atoms with Crippen molar-refractivity contribution in [1.82, 2.24) is 0 Å². The smallest absolute Gasteiger partial charge is 0.445 e. The van der Waals surface area contributed by atoms with Gasteiger partial charge in [0.25, 0.3) is 0 Å². The molecule has 14 heavy (non-hydrogen) atoms. The van der Waals surface area contributed by atoms with Gasteiger partial charge in [-0.1, -0.05) is 17.7 Å². The van der Waals surface area contributed by atoms with Crippen molar-refractivity contribution < 1.29 is 12.9 Å². The van der Waals surface area contributed by atoms with E-state index in [0.717, 1.165) is 13.0 Å². The van der Waals surface area contributed by atoms with E-state index in [2.05, 4.69) is 5.32 Å². The molecule has 0 aromatic heterocycles. The van der Waals surface area contributed by atoms with Gasteiger partial charge in [-0.25, -0.2) is 0 Å². The molecule has 1 N–H and O–H groups in total. The maximum atomic E-state index is 12.6. The molecule has 1 heterocycles. The van der Waals surface area contributed by atoms with Crippen LogP contribution in [0.25, 0.3) is 0 Å². The molecule has 5 heteroatoms. The maximum Gasteiger partial charge on any atom is 0.509 e. The van der Waals surface area contributed by atoms with Crippen molar-refractivity contribution in [2.24, 2.45) is 0 Å². The van der Waals surface area contributed by atoms with Crippen molar-refractivity contribution >= 4 is 18.1 Å². The highest BCUT2D eigenvalue weighted by Gasteiger charge is 2.29. The summed E-state index contributed by atoms with van der Waals surface area (Å²) in [5.41, 5.74) is 0.647. The van der Waals surface area contributed by atoms with Crippen molar-refractivity contribution in [2.75, 3.05) is 11.9 Å². The first-order valence-electron chi connectivity index (χ1n) is 4.64. The Kier molecular flexibility index (Phi) is 2.17. The molecule has 0 unspecified atom stereocenters. The molecule has 0 bridgehead atoms. The van der Waals surface area contributed by atoms with E-state index in [0.29, 0.717) is 17.7 Å². The monoisotopic (exact) mass is 200 g/mol. The topological polar surface area (TPSA) is 12.0 Å². The van der Waals surface area contributed by atoms with Crippen LogP contribution in [0, 0.1) is 0 Å². The quantitative estimate of drug-likeness (QED) is 0.684. The van der Waals surface area contributed by atoms with Crippen LogP contribution in [0.15, 0.2) is 18.2 Å². The molecule has 2 rings (SSSR count). The van der Waals surface area contributed by atoms with Crippen molar-refractivity contribution in [3.05, 3.63) is 23.8 Å². The number of nitrogens with one attached hydrogen (secondary N) is 1. The summed E-state index contributed by atoms with van der Waals surface area (Å²) in [4.78, 5) is 0. The summed E-state index contributed by atoms with van der Waals surface area (Å²) < 4.78 is 37.8. The van der Waals surface area contributed by atoms with Crippen LogP contribution >= 0.6 is 0 Å². The van der Waals surface area contributed by atoms with Gasteiger partial charge in [0.05, 0.1) is 0 Å². The summed E-state index contributed by atoms with van der Waals surface area (Å²) >= 11 is 0. The first-order valence-corrected chi connectivity index (χ1v) is 4.64. The fourth-order valence-electron chi connectivity index (χ4n) is 1.84. The molecular weight excluding hydrogens is 190 g/mol. The molecule has 1 aliphatic rings. The summed E-state index contributed by atoms with van der Waals surface area (Å²) in [7, 11) is 0. The first kappa shape index (κ1) is 9.43. The third kappa shape index (κ3) is 1.58. The lowest BCUT2D eigenvalue weighted by Crippen LogP contribution is -2.38. The molecule has 76 valence electrons. The molecule has 0 aliphatic carbocycles. The summed E-state index contributed by atoms with van der Waals surface area (Å²) in [5.74, 6) is 0. The standard InChI is InChI=1S/C9H10BF3N/c11-10(12,13)8-4-1-5-9-7(8)3-2-6-14-9/h1,4-5,14H,2-3,6H2/q-1. The number of fused-ring (bicyclic) bond motifs is 1. The molecule has 1 aromatic carbocycles. The fraction of sp³-hybridized carbons (Fsp3) is 0.333. The molecule has 0 spiro atoms. The zero-order valence-electron chi connectivity index (χ0n) is 7.56. The van der Waals surface area contributed by atoms with Gasteiger partial charge in [0, 0.05) is 12.2 Å². The van der Waals surface area contributed by atoms with Gasteiger partial charge in [0.2, 0.25) is 0 Å². The molecule has 1 nitrogen and oxygen atoms in total. The van der Waals surface area contributed by atoms with Crippen molar-refractivity contribution in [1.29, 1.82) is 0 Å². The van der Waals surface area contributed by atoms with Crippen LogP contribution in [0.4, 0.5) is 18.6 Å². The average molecular weight is 200 g/mol. The second kappa shape index (κ2) is 3.22. The lowest BCUT2D eigenvalue weighted by atomic mass is 9.75. The van der Waals surface area contributed by atoms with Crippen LogP contribution in [-0.4, -0.2) is 13.5 Å². The predicted octanol–water partition coefficient (Wildman–Crippen LogP) is 2.10. The molecule has 0 saturated heterocycles. The third-order valence-corrected chi connectivity index (χ3v) is 2.48. The minimum absolute atomic E-state index is 0.435. The highest BCUT2D eigenvalue weighted by Crippen LogP contribution is 2.23. The minimum atomic E-state index is -4.87. The Morgan fingerprint density at radius 1 is 1.21 bits per heavy atom. The van der Waals surface area contributed by atoms with Crippen LogP contribution in [0.2, 0.25) is 0 Å². The number of anilines is 1. The SMILES string of the molecule is F[B-](F)(F)c1cccc2c1CCCN2. The Bertz CT molecular complexity index is 348. The highest BCUT2D eigenvalue weighted by atomic mass is 19.4. The summed E-state index contributed by atoms with van der Waals surface area (Å²) in [6, 6.07) is 4.34. The van der Waals surface area contributed by atoms with Gasteiger partial charge < -0.3 is 18.3 Å². The molecule has 0 saturated carbocycles. The number of rotatable bonds is 1. The van der Waals surface area contributed by atoms with Crippen molar-refractivity contribution in [3.8, 4) is 0 Å². The van der Waals surface area contributed by atoms with Gasteiger partial charge in [-0.15, -0.1) is 5.46 Å². The Morgan fingerprint density at radius 2 is 2.00 bits per heavy atom. The molecular formula is C9H10BF3N-. The van der Waals surface area contributed by atoms with Crippen LogP contribution in [0.5, 0.6) is 0 Å². The van der Waals surface area contributed by atoms with Crippen LogP contribution in [0.3, 0.4) is 0 Å². The molecule has 0 atom stereocenters. The number of hydrogen-bond donors (Lipinski definition) is 1. The second-order valence-corrected chi connectivity index (χ2v) is 3.48. The van der Waals surface area contributed by atoms with Gasteiger partial charge >= 0.3 is 6.98 Å². The summed E-state index contributed by atoms with van der Waals surface area (Å²) in [5, 5.41) is 2.99. The first-order chi connectivity index (χ1) is 6.59. The minimum Gasteiger partial charge on any atom is -0.445 e. The average Bonchev–Trinajstić information content (AvgIpc) is 2.15. The molecule has 0 radical (unpaired) electrons. The lowest BCUT2D eigenvalue weighted by Gasteiger charge is -2.26. The van der Waals surface area contributed by atoms with Crippen molar-refractivity contribution in [3.63, 3.8) is 0 Å². The van der Waals surface area contributed by atoms with Gasteiger partial charge in [0.15, 0.2) is 0 Å². The van der Waals surface area contributed by atoms with E-state index in [1.165, 1.54) is 12.1 Å². The summed E-state index contributed by atoms with van der Waals surface area (Å²) in [6.07, 6.45) is 1.30. The van der Waals surface area contributed by atoms with Gasteiger partial charge in [-0.3, -0.25) is 0 Å². The van der Waals surface area contributed by atoms with Gasteiger partial charge in [-0.2, -0.15) is 0 Å². The van der Waals surface area contributed by atoms with Gasteiger partial charge in [-0.05, 0) is 18.9 Å². The zero-order chi connectivity index (χ0) is 10.2. The molecule has 0 fully saturated rings. The van der Waals surface area contributed by atoms with E-state index in [4.69, 9.17) is 0 Å². The zero-order valence-corrected chi connectivity index (χ0v) is 7.56. The van der Waals surface area contributed by atoms with E-state index in [-0.39, 0.29) is 0 Å². The number of benzene rings is 1. The Labute approximate surface area is 80.4 Å². The van der Waals surface area contributed by atoms with Gasteiger partial charge in [0.1, 0.15) is 0 Å². The largest absolute Gasteiger partial charge is 0.509 e. The maximum absolute atomic E-state index is 12.6. The van der Waals surface area contributed by atoms with E-state index in [1.807, 2.05) is 0 Å².